The molecule has 0 spiro atoms. The summed E-state index contributed by atoms with van der Waals surface area (Å²) in [5.74, 6) is 1.11. The molecule has 1 saturated heterocycles. The van der Waals surface area contributed by atoms with Gasteiger partial charge in [0.25, 0.3) is 0 Å². The maximum Gasteiger partial charge on any atom is 0.234 e. The van der Waals surface area contributed by atoms with Gasteiger partial charge in [0.05, 0.1) is 25.8 Å². The number of aliphatic hydroxyl groups is 1. The van der Waals surface area contributed by atoms with Crippen molar-refractivity contribution in [3.8, 4) is 5.75 Å². The van der Waals surface area contributed by atoms with E-state index in [0.29, 0.717) is 19.0 Å². The number of β-amino-alcohol motifs (C(OH)–C–C–N with tert-alkyl or cyclic N) is 1. The summed E-state index contributed by atoms with van der Waals surface area (Å²) in [6, 6.07) is 7.79. The number of carbonyl (C=O) groups excluding carboxylic acids is 1. The molecule has 1 heterocycles. The van der Waals surface area contributed by atoms with Gasteiger partial charge in [-0.25, -0.2) is 0 Å². The molecule has 128 valence electrons. The maximum absolute atomic E-state index is 12.4. The number of ether oxygens (including phenoxy) is 1. The van der Waals surface area contributed by atoms with Crippen molar-refractivity contribution in [1.29, 1.82) is 0 Å². The van der Waals surface area contributed by atoms with Crippen molar-refractivity contribution in [3.63, 3.8) is 0 Å². The van der Waals surface area contributed by atoms with Crippen molar-refractivity contribution in [3.05, 3.63) is 29.8 Å². The van der Waals surface area contributed by atoms with Crippen LogP contribution in [0.25, 0.3) is 0 Å². The van der Waals surface area contributed by atoms with E-state index in [9.17, 15) is 9.90 Å². The van der Waals surface area contributed by atoms with Crippen molar-refractivity contribution in [2.75, 3.05) is 26.7 Å². The minimum Gasteiger partial charge on any atom is -0.497 e. The SMILES string of the molecule is COc1ccc(C(NC(=O)CN2CCCC(O)C2)C(C)C)cc1. The number of rotatable bonds is 6. The van der Waals surface area contributed by atoms with E-state index in [1.54, 1.807) is 7.11 Å². The van der Waals surface area contributed by atoms with Gasteiger partial charge in [0.2, 0.25) is 5.91 Å². The highest BCUT2D eigenvalue weighted by atomic mass is 16.5. The smallest absolute Gasteiger partial charge is 0.234 e. The molecule has 0 aliphatic carbocycles. The highest BCUT2D eigenvalue weighted by Crippen LogP contribution is 2.24. The van der Waals surface area contributed by atoms with Crippen molar-refractivity contribution < 1.29 is 14.6 Å². The predicted octanol–water partition coefficient (Wildman–Crippen LogP) is 1.97. The summed E-state index contributed by atoms with van der Waals surface area (Å²) in [5, 5.41) is 12.8. The second-order valence-corrected chi connectivity index (χ2v) is 6.59. The first kappa shape index (κ1) is 17.8. The lowest BCUT2D eigenvalue weighted by Crippen LogP contribution is -2.45. The number of benzene rings is 1. The van der Waals surface area contributed by atoms with Crippen LogP contribution in [0.5, 0.6) is 5.75 Å². The average Bonchev–Trinajstić information content (AvgIpc) is 2.52. The summed E-state index contributed by atoms with van der Waals surface area (Å²) < 4.78 is 5.18. The van der Waals surface area contributed by atoms with Crippen LogP contribution in [0.1, 0.15) is 38.3 Å². The molecule has 2 rings (SSSR count). The van der Waals surface area contributed by atoms with Gasteiger partial charge in [0, 0.05) is 6.54 Å². The molecule has 1 fully saturated rings. The van der Waals surface area contributed by atoms with E-state index in [4.69, 9.17) is 4.74 Å². The molecule has 23 heavy (non-hydrogen) atoms. The quantitative estimate of drug-likeness (QED) is 0.841. The van der Waals surface area contributed by atoms with Crippen LogP contribution in [-0.4, -0.2) is 48.8 Å². The van der Waals surface area contributed by atoms with E-state index in [0.717, 1.165) is 30.7 Å². The number of amides is 1. The third-order valence-electron chi connectivity index (χ3n) is 4.31. The summed E-state index contributed by atoms with van der Waals surface area (Å²) in [6.45, 7) is 6.00. The molecule has 5 nitrogen and oxygen atoms in total. The minimum absolute atomic E-state index is 0.00798. The first-order valence-corrected chi connectivity index (χ1v) is 8.33. The van der Waals surface area contributed by atoms with Crippen LogP contribution in [0, 0.1) is 5.92 Å². The molecule has 0 bridgehead atoms. The molecule has 1 aromatic carbocycles. The lowest BCUT2D eigenvalue weighted by Gasteiger charge is -2.30. The van der Waals surface area contributed by atoms with E-state index < -0.39 is 0 Å². The molecule has 0 aromatic heterocycles. The molecular weight excluding hydrogens is 292 g/mol. The summed E-state index contributed by atoms with van der Waals surface area (Å²) in [7, 11) is 1.64. The van der Waals surface area contributed by atoms with Gasteiger partial charge in [-0.3, -0.25) is 9.69 Å². The third-order valence-corrected chi connectivity index (χ3v) is 4.31. The standard InChI is InChI=1S/C18H28N2O3/c1-13(2)18(14-6-8-16(23-3)9-7-14)19-17(22)12-20-10-4-5-15(21)11-20/h6-9,13,15,18,21H,4-5,10-12H2,1-3H3,(H,19,22). The zero-order valence-electron chi connectivity index (χ0n) is 14.3. The lowest BCUT2D eigenvalue weighted by atomic mass is 9.96. The minimum atomic E-state index is -0.306. The van der Waals surface area contributed by atoms with Gasteiger partial charge in [-0.15, -0.1) is 0 Å². The number of piperidine rings is 1. The molecule has 2 N–H and O–H groups in total. The van der Waals surface area contributed by atoms with E-state index >= 15 is 0 Å². The number of hydrogen-bond donors (Lipinski definition) is 2. The van der Waals surface area contributed by atoms with Gasteiger partial charge in [-0.2, -0.15) is 0 Å². The largest absolute Gasteiger partial charge is 0.497 e. The number of nitrogens with one attached hydrogen (secondary N) is 1. The summed E-state index contributed by atoms with van der Waals surface area (Å²) in [6.07, 6.45) is 1.47. The molecule has 1 amide bonds. The van der Waals surface area contributed by atoms with Crippen molar-refractivity contribution in [2.45, 2.75) is 38.8 Å². The first-order chi connectivity index (χ1) is 11.0. The Labute approximate surface area is 138 Å². The fourth-order valence-electron chi connectivity index (χ4n) is 3.04. The molecule has 0 saturated carbocycles. The molecule has 1 aromatic rings. The fourth-order valence-corrected chi connectivity index (χ4v) is 3.04. The molecule has 1 aliphatic heterocycles. The predicted molar refractivity (Wildman–Crippen MR) is 90.4 cm³/mol. The zero-order valence-corrected chi connectivity index (χ0v) is 14.3. The Balaban J connectivity index is 1.96. The molecule has 2 unspecified atom stereocenters. The second-order valence-electron chi connectivity index (χ2n) is 6.59. The Morgan fingerprint density at radius 3 is 2.65 bits per heavy atom. The van der Waals surface area contributed by atoms with Gasteiger partial charge in [0.1, 0.15) is 5.75 Å². The van der Waals surface area contributed by atoms with Gasteiger partial charge < -0.3 is 15.2 Å². The Morgan fingerprint density at radius 1 is 1.39 bits per heavy atom. The van der Waals surface area contributed by atoms with E-state index in [-0.39, 0.29) is 18.1 Å². The molecule has 5 heteroatoms. The normalized spacial score (nSPS) is 20.3. The summed E-state index contributed by atoms with van der Waals surface area (Å²) in [4.78, 5) is 14.4. The van der Waals surface area contributed by atoms with Crippen LogP contribution < -0.4 is 10.1 Å². The van der Waals surface area contributed by atoms with Crippen LogP contribution in [-0.2, 0) is 4.79 Å². The second kappa shape index (κ2) is 8.31. The topological polar surface area (TPSA) is 61.8 Å². The van der Waals surface area contributed by atoms with Gasteiger partial charge in [-0.05, 0) is 43.0 Å². The summed E-state index contributed by atoms with van der Waals surface area (Å²) in [5.41, 5.74) is 1.08. The number of carbonyl (C=O) groups is 1. The van der Waals surface area contributed by atoms with E-state index in [1.165, 1.54) is 0 Å². The van der Waals surface area contributed by atoms with Crippen LogP contribution in [0.2, 0.25) is 0 Å². The van der Waals surface area contributed by atoms with Crippen molar-refractivity contribution >= 4 is 5.91 Å². The lowest BCUT2D eigenvalue weighted by molar-refractivity contribution is -0.124. The highest BCUT2D eigenvalue weighted by molar-refractivity contribution is 5.78. The Hall–Kier alpha value is -1.59. The Morgan fingerprint density at radius 2 is 2.09 bits per heavy atom. The van der Waals surface area contributed by atoms with Crippen molar-refractivity contribution in [1.82, 2.24) is 10.2 Å². The van der Waals surface area contributed by atoms with E-state index in [2.05, 4.69) is 19.2 Å². The summed E-state index contributed by atoms with van der Waals surface area (Å²) >= 11 is 0. The van der Waals surface area contributed by atoms with Crippen LogP contribution >= 0.6 is 0 Å². The molecule has 1 aliphatic rings. The van der Waals surface area contributed by atoms with Gasteiger partial charge in [0.15, 0.2) is 0 Å². The number of methoxy groups -OCH3 is 1. The Bertz CT molecular complexity index is 501. The van der Waals surface area contributed by atoms with E-state index in [1.807, 2.05) is 29.2 Å². The number of nitrogens with zero attached hydrogens (tertiary/aromatic N) is 1. The van der Waals surface area contributed by atoms with Gasteiger partial charge >= 0.3 is 0 Å². The highest BCUT2D eigenvalue weighted by Gasteiger charge is 2.23. The third kappa shape index (κ3) is 5.22. The van der Waals surface area contributed by atoms with Crippen molar-refractivity contribution in [2.24, 2.45) is 5.92 Å². The van der Waals surface area contributed by atoms with Crippen LogP contribution in [0.15, 0.2) is 24.3 Å². The average molecular weight is 320 g/mol. The fraction of sp³-hybridized carbons (Fsp3) is 0.611. The number of aliphatic hydroxyl groups excluding tert-OH is 1. The zero-order chi connectivity index (χ0) is 16.8. The molecule has 0 radical (unpaired) electrons. The van der Waals surface area contributed by atoms with Crippen LogP contribution in [0.3, 0.4) is 0 Å². The van der Waals surface area contributed by atoms with Gasteiger partial charge in [-0.1, -0.05) is 26.0 Å². The molecule has 2 atom stereocenters. The maximum atomic E-state index is 12.4. The first-order valence-electron chi connectivity index (χ1n) is 8.33. The number of likely N-dealkylation sites (tertiary alicyclic amines) is 1. The number of hydrogen-bond acceptors (Lipinski definition) is 4. The molecular formula is C18H28N2O3. The Kier molecular flexibility index (Phi) is 6.42. The monoisotopic (exact) mass is 320 g/mol. The van der Waals surface area contributed by atoms with Crippen LogP contribution in [0.4, 0.5) is 0 Å².